The standard InChI is InChI=1S/C16H14Cl2N2O/c1-2-20-13-6-4-3-5-11(13)12-9-10(7-8-14(12)20)19-16(21)15(17)18/h3-9,15H,2H2,1H3,(H,19,21). The summed E-state index contributed by atoms with van der Waals surface area (Å²) in [6, 6.07) is 14.1. The minimum absolute atomic E-state index is 0.420. The Morgan fingerprint density at radius 3 is 2.57 bits per heavy atom. The van der Waals surface area contributed by atoms with E-state index in [1.165, 1.54) is 10.9 Å². The molecule has 2 aromatic carbocycles. The molecular weight excluding hydrogens is 307 g/mol. The van der Waals surface area contributed by atoms with Crippen molar-refractivity contribution in [2.45, 2.75) is 18.3 Å². The van der Waals surface area contributed by atoms with Crippen LogP contribution in [0, 0.1) is 0 Å². The molecule has 0 aliphatic heterocycles. The van der Waals surface area contributed by atoms with Crippen molar-refractivity contribution in [3.05, 3.63) is 42.5 Å². The van der Waals surface area contributed by atoms with Gasteiger partial charge in [0.05, 0.1) is 0 Å². The highest BCUT2D eigenvalue weighted by atomic mass is 35.5. The Morgan fingerprint density at radius 2 is 1.86 bits per heavy atom. The molecule has 0 unspecified atom stereocenters. The number of amides is 1. The molecule has 1 aromatic heterocycles. The van der Waals surface area contributed by atoms with E-state index in [4.69, 9.17) is 23.2 Å². The van der Waals surface area contributed by atoms with Crippen molar-refractivity contribution in [2.75, 3.05) is 5.32 Å². The van der Waals surface area contributed by atoms with Crippen LogP contribution in [0.15, 0.2) is 42.5 Å². The van der Waals surface area contributed by atoms with Crippen molar-refractivity contribution in [2.24, 2.45) is 0 Å². The van der Waals surface area contributed by atoms with Crippen LogP contribution in [0.5, 0.6) is 0 Å². The van der Waals surface area contributed by atoms with Gasteiger partial charge in [-0.15, -0.1) is 0 Å². The molecule has 5 heteroatoms. The van der Waals surface area contributed by atoms with Gasteiger partial charge in [-0.2, -0.15) is 0 Å². The molecule has 0 aliphatic carbocycles. The number of nitrogens with zero attached hydrogens (tertiary/aromatic N) is 1. The second kappa shape index (κ2) is 5.58. The van der Waals surface area contributed by atoms with E-state index in [1.807, 2.05) is 30.3 Å². The lowest BCUT2D eigenvalue weighted by molar-refractivity contribution is -0.114. The van der Waals surface area contributed by atoms with E-state index in [2.05, 4.69) is 28.9 Å². The van der Waals surface area contributed by atoms with Gasteiger partial charge in [0.1, 0.15) is 0 Å². The maximum absolute atomic E-state index is 11.6. The summed E-state index contributed by atoms with van der Waals surface area (Å²) >= 11 is 11.1. The molecule has 0 atom stereocenters. The van der Waals surface area contributed by atoms with Crippen molar-refractivity contribution < 1.29 is 4.79 Å². The Hall–Kier alpha value is -1.71. The SMILES string of the molecule is CCn1c2ccccc2c2cc(NC(=O)C(Cl)Cl)ccc21. The van der Waals surface area contributed by atoms with Gasteiger partial charge < -0.3 is 9.88 Å². The van der Waals surface area contributed by atoms with Crippen molar-refractivity contribution >= 4 is 56.6 Å². The number of nitrogens with one attached hydrogen (secondary N) is 1. The van der Waals surface area contributed by atoms with Gasteiger partial charge in [-0.25, -0.2) is 0 Å². The van der Waals surface area contributed by atoms with Crippen molar-refractivity contribution in [1.29, 1.82) is 0 Å². The highest BCUT2D eigenvalue weighted by Crippen LogP contribution is 2.31. The lowest BCUT2D eigenvalue weighted by Crippen LogP contribution is -2.18. The van der Waals surface area contributed by atoms with Gasteiger partial charge in [0.2, 0.25) is 0 Å². The van der Waals surface area contributed by atoms with E-state index >= 15 is 0 Å². The molecular formula is C16H14Cl2N2O. The average molecular weight is 321 g/mol. The number of aryl methyl sites for hydroxylation is 1. The molecule has 0 bridgehead atoms. The third-order valence-electron chi connectivity index (χ3n) is 3.55. The first kappa shape index (κ1) is 14.2. The zero-order valence-electron chi connectivity index (χ0n) is 11.4. The zero-order valence-corrected chi connectivity index (χ0v) is 12.9. The molecule has 0 fully saturated rings. The minimum atomic E-state index is -1.07. The van der Waals surface area contributed by atoms with Gasteiger partial charge in [-0.1, -0.05) is 41.4 Å². The van der Waals surface area contributed by atoms with Crippen LogP contribution in [0.3, 0.4) is 0 Å². The fourth-order valence-electron chi connectivity index (χ4n) is 2.67. The largest absolute Gasteiger partial charge is 0.341 e. The molecule has 108 valence electrons. The summed E-state index contributed by atoms with van der Waals surface area (Å²) in [6.45, 7) is 3.01. The molecule has 0 saturated carbocycles. The number of alkyl halides is 2. The predicted molar refractivity (Wildman–Crippen MR) is 89.2 cm³/mol. The highest BCUT2D eigenvalue weighted by Gasteiger charge is 2.13. The number of benzene rings is 2. The monoisotopic (exact) mass is 320 g/mol. The molecule has 1 amide bonds. The van der Waals surface area contributed by atoms with Crippen LogP contribution in [-0.2, 0) is 11.3 Å². The average Bonchev–Trinajstić information content (AvgIpc) is 2.80. The van der Waals surface area contributed by atoms with Crippen LogP contribution in [0.1, 0.15) is 6.92 Å². The maximum atomic E-state index is 11.6. The summed E-state index contributed by atoms with van der Waals surface area (Å²) in [4.78, 5) is 10.5. The summed E-state index contributed by atoms with van der Waals surface area (Å²) in [5.74, 6) is -0.420. The van der Waals surface area contributed by atoms with E-state index in [0.29, 0.717) is 5.69 Å². The first-order valence-corrected chi connectivity index (χ1v) is 7.59. The Morgan fingerprint density at radius 1 is 1.14 bits per heavy atom. The normalized spacial score (nSPS) is 11.4. The number of carbonyl (C=O) groups excluding carboxylic acids is 1. The summed E-state index contributed by atoms with van der Waals surface area (Å²) in [5.41, 5.74) is 3.02. The number of carbonyl (C=O) groups is 1. The second-order valence-corrected chi connectivity index (χ2v) is 5.88. The summed E-state index contributed by atoms with van der Waals surface area (Å²) in [6.07, 6.45) is 0. The van der Waals surface area contributed by atoms with Crippen molar-refractivity contribution in [1.82, 2.24) is 4.57 Å². The number of hydrogen-bond donors (Lipinski definition) is 1. The van der Waals surface area contributed by atoms with E-state index in [1.54, 1.807) is 0 Å². The lowest BCUT2D eigenvalue weighted by Gasteiger charge is -2.06. The molecule has 1 N–H and O–H groups in total. The number of anilines is 1. The van der Waals surface area contributed by atoms with Gasteiger partial charge in [-0.3, -0.25) is 4.79 Å². The zero-order chi connectivity index (χ0) is 15.0. The third kappa shape index (κ3) is 2.47. The smallest absolute Gasteiger partial charge is 0.257 e. The Kier molecular flexibility index (Phi) is 3.79. The van der Waals surface area contributed by atoms with E-state index in [-0.39, 0.29) is 0 Å². The molecule has 0 spiro atoms. The van der Waals surface area contributed by atoms with E-state index in [9.17, 15) is 4.79 Å². The number of para-hydroxylation sites is 1. The minimum Gasteiger partial charge on any atom is -0.341 e. The first-order valence-electron chi connectivity index (χ1n) is 6.72. The second-order valence-electron chi connectivity index (χ2n) is 4.78. The Bertz CT molecular complexity index is 824. The maximum Gasteiger partial charge on any atom is 0.257 e. The van der Waals surface area contributed by atoms with Gasteiger partial charge in [0.25, 0.3) is 5.91 Å². The highest BCUT2D eigenvalue weighted by molar-refractivity contribution is 6.54. The lowest BCUT2D eigenvalue weighted by atomic mass is 10.1. The first-order chi connectivity index (χ1) is 10.1. The van der Waals surface area contributed by atoms with E-state index in [0.717, 1.165) is 17.4 Å². The van der Waals surface area contributed by atoms with Crippen LogP contribution >= 0.6 is 23.2 Å². The van der Waals surface area contributed by atoms with E-state index < -0.39 is 10.7 Å². The van der Waals surface area contributed by atoms with Crippen LogP contribution in [0.4, 0.5) is 5.69 Å². The van der Waals surface area contributed by atoms with Crippen LogP contribution in [0.2, 0.25) is 0 Å². The molecule has 3 nitrogen and oxygen atoms in total. The van der Waals surface area contributed by atoms with Gasteiger partial charge >= 0.3 is 0 Å². The molecule has 0 saturated heterocycles. The number of aromatic nitrogens is 1. The van der Waals surface area contributed by atoms with Crippen LogP contribution < -0.4 is 5.32 Å². The third-order valence-corrected chi connectivity index (χ3v) is 3.95. The number of fused-ring (bicyclic) bond motifs is 3. The quantitative estimate of drug-likeness (QED) is 0.705. The molecule has 1 heterocycles. The molecule has 0 aliphatic rings. The predicted octanol–water partition coefficient (Wildman–Crippen LogP) is 4.56. The molecule has 3 rings (SSSR count). The summed E-state index contributed by atoms with van der Waals surface area (Å²) < 4.78 is 2.25. The van der Waals surface area contributed by atoms with Gasteiger partial charge in [0, 0.05) is 34.0 Å². The number of hydrogen-bond acceptors (Lipinski definition) is 1. The number of rotatable bonds is 3. The van der Waals surface area contributed by atoms with Crippen molar-refractivity contribution in [3.63, 3.8) is 0 Å². The van der Waals surface area contributed by atoms with Gasteiger partial charge in [-0.05, 0) is 31.2 Å². The Labute approximate surface area is 132 Å². The number of halogens is 2. The fraction of sp³-hybridized carbons (Fsp3) is 0.188. The topological polar surface area (TPSA) is 34.0 Å². The fourth-order valence-corrected chi connectivity index (χ4v) is 2.78. The van der Waals surface area contributed by atoms with Crippen LogP contribution in [-0.4, -0.2) is 15.3 Å². The van der Waals surface area contributed by atoms with Gasteiger partial charge in [0.15, 0.2) is 4.84 Å². The molecule has 0 radical (unpaired) electrons. The summed E-state index contributed by atoms with van der Waals surface area (Å²) in [5, 5.41) is 4.98. The van der Waals surface area contributed by atoms with Crippen molar-refractivity contribution in [3.8, 4) is 0 Å². The molecule has 21 heavy (non-hydrogen) atoms. The molecule has 3 aromatic rings. The van der Waals surface area contributed by atoms with Crippen LogP contribution in [0.25, 0.3) is 21.8 Å². The summed E-state index contributed by atoms with van der Waals surface area (Å²) in [7, 11) is 0. The Balaban J connectivity index is 2.17.